The summed E-state index contributed by atoms with van der Waals surface area (Å²) in [4.78, 5) is 0.760. The lowest BCUT2D eigenvalue weighted by Gasteiger charge is -2.42. The van der Waals surface area contributed by atoms with Crippen LogP contribution < -0.4 is 5.32 Å². The largest absolute Gasteiger partial charge is 0.392 e. The van der Waals surface area contributed by atoms with Crippen molar-refractivity contribution in [2.75, 3.05) is 7.05 Å². The van der Waals surface area contributed by atoms with Crippen LogP contribution in [0, 0.1) is 0 Å². The highest BCUT2D eigenvalue weighted by Crippen LogP contribution is 2.40. The van der Waals surface area contributed by atoms with Crippen LogP contribution in [-0.2, 0) is 5.41 Å². The number of likely N-dealkylation sites (N-methyl/N-ethyl adjacent to an activating group) is 1. The third kappa shape index (κ3) is 2.09. The summed E-state index contributed by atoms with van der Waals surface area (Å²) in [6.45, 7) is 0. The van der Waals surface area contributed by atoms with Crippen molar-refractivity contribution in [1.29, 1.82) is 0 Å². The van der Waals surface area contributed by atoms with Crippen LogP contribution in [0.1, 0.15) is 31.2 Å². The fraction of sp³-hybridized carbons (Fsp3) is 0.500. The molecule has 1 saturated carbocycles. The van der Waals surface area contributed by atoms with Crippen molar-refractivity contribution in [2.24, 2.45) is 0 Å². The second-order valence-corrected chi connectivity index (χ2v) is 5.09. The van der Waals surface area contributed by atoms with Crippen molar-refractivity contribution in [3.63, 3.8) is 0 Å². The topological polar surface area (TPSA) is 32.3 Å². The summed E-state index contributed by atoms with van der Waals surface area (Å²) in [5.74, 6) is 0. The first-order valence-corrected chi connectivity index (χ1v) is 6.58. The van der Waals surface area contributed by atoms with Gasteiger partial charge in [0.1, 0.15) is 0 Å². The van der Waals surface area contributed by atoms with Gasteiger partial charge in [0.2, 0.25) is 0 Å². The molecule has 1 aliphatic carbocycles. The molecule has 1 aliphatic rings. The van der Waals surface area contributed by atoms with Crippen molar-refractivity contribution in [3.05, 3.63) is 35.9 Å². The van der Waals surface area contributed by atoms with Gasteiger partial charge in [-0.3, -0.25) is 0 Å². The zero-order valence-corrected chi connectivity index (χ0v) is 11.0. The normalized spacial score (nSPS) is 28.7. The van der Waals surface area contributed by atoms with E-state index in [9.17, 15) is 5.11 Å². The predicted octanol–water partition coefficient (Wildman–Crippen LogP) is 2.41. The Labute approximate surface area is 108 Å². The lowest BCUT2D eigenvalue weighted by Crippen LogP contribution is -2.52. The van der Waals surface area contributed by atoms with E-state index in [0.29, 0.717) is 0 Å². The molecule has 0 saturated heterocycles. The zero-order valence-electron chi connectivity index (χ0n) is 10.1. The fourth-order valence-corrected chi connectivity index (χ4v) is 3.20. The summed E-state index contributed by atoms with van der Waals surface area (Å²) < 4.78 is 0. The molecule has 0 aromatic heterocycles. The molecule has 1 aromatic carbocycles. The van der Waals surface area contributed by atoms with Crippen LogP contribution >= 0.6 is 12.2 Å². The molecule has 0 radical (unpaired) electrons. The smallest absolute Gasteiger partial charge is 0.0884 e. The van der Waals surface area contributed by atoms with Crippen LogP contribution in [0.5, 0.6) is 0 Å². The first kappa shape index (κ1) is 12.5. The Bertz CT molecular complexity index is 392. The summed E-state index contributed by atoms with van der Waals surface area (Å²) in [5.41, 5.74) is 0.746. The van der Waals surface area contributed by atoms with Gasteiger partial charge < -0.3 is 10.4 Å². The molecule has 17 heavy (non-hydrogen) atoms. The molecule has 1 fully saturated rings. The standard InChI is InChI=1S/C14H19NOS/c1-15-13(17)14(10-6-5-9-12(14)16)11-7-3-2-4-8-11/h2-4,7-8,12,16H,5-6,9-10H2,1H3,(H,15,17)/t12-,14+/m0/s1. The van der Waals surface area contributed by atoms with E-state index < -0.39 is 0 Å². The van der Waals surface area contributed by atoms with Crippen LogP contribution in [0.3, 0.4) is 0 Å². The number of aliphatic hydroxyl groups is 1. The monoisotopic (exact) mass is 249 g/mol. The van der Waals surface area contributed by atoms with E-state index in [1.54, 1.807) is 0 Å². The van der Waals surface area contributed by atoms with Gasteiger partial charge in [-0.05, 0) is 18.4 Å². The molecule has 0 unspecified atom stereocenters. The van der Waals surface area contributed by atoms with Gasteiger partial charge in [-0.1, -0.05) is 55.4 Å². The maximum atomic E-state index is 10.4. The maximum absolute atomic E-state index is 10.4. The molecule has 3 heteroatoms. The van der Waals surface area contributed by atoms with E-state index in [2.05, 4.69) is 17.4 Å². The summed E-state index contributed by atoms with van der Waals surface area (Å²) in [7, 11) is 1.84. The van der Waals surface area contributed by atoms with Gasteiger partial charge in [-0.15, -0.1) is 0 Å². The molecule has 0 bridgehead atoms. The van der Waals surface area contributed by atoms with Crippen LogP contribution in [-0.4, -0.2) is 23.2 Å². The Kier molecular flexibility index (Phi) is 3.79. The van der Waals surface area contributed by atoms with Crippen molar-refractivity contribution in [3.8, 4) is 0 Å². The molecule has 92 valence electrons. The highest BCUT2D eigenvalue weighted by atomic mass is 32.1. The number of hydrogen-bond donors (Lipinski definition) is 2. The quantitative estimate of drug-likeness (QED) is 0.790. The zero-order chi connectivity index (χ0) is 12.3. The van der Waals surface area contributed by atoms with E-state index in [1.807, 2.05) is 25.2 Å². The van der Waals surface area contributed by atoms with Crippen LogP contribution in [0.4, 0.5) is 0 Å². The second-order valence-electron chi connectivity index (χ2n) is 4.68. The third-order valence-electron chi connectivity index (χ3n) is 3.79. The average Bonchev–Trinajstić information content (AvgIpc) is 2.39. The molecule has 0 aliphatic heterocycles. The number of benzene rings is 1. The Balaban J connectivity index is 2.46. The second kappa shape index (κ2) is 5.15. The first-order valence-electron chi connectivity index (χ1n) is 6.17. The molecule has 2 rings (SSSR count). The molecule has 2 N–H and O–H groups in total. The Hall–Kier alpha value is -0.930. The first-order chi connectivity index (χ1) is 8.21. The minimum absolute atomic E-state index is 0.376. The van der Waals surface area contributed by atoms with E-state index in [1.165, 1.54) is 0 Å². The maximum Gasteiger partial charge on any atom is 0.0884 e. The average molecular weight is 249 g/mol. The lowest BCUT2D eigenvalue weighted by atomic mass is 9.67. The van der Waals surface area contributed by atoms with Gasteiger partial charge in [0.25, 0.3) is 0 Å². The summed E-state index contributed by atoms with van der Waals surface area (Å²) >= 11 is 5.48. The number of rotatable bonds is 2. The van der Waals surface area contributed by atoms with Gasteiger partial charge in [0.05, 0.1) is 16.5 Å². The van der Waals surface area contributed by atoms with Gasteiger partial charge in [0, 0.05) is 7.05 Å². The van der Waals surface area contributed by atoms with Gasteiger partial charge in [0.15, 0.2) is 0 Å². The minimum atomic E-state index is -0.385. The lowest BCUT2D eigenvalue weighted by molar-refractivity contribution is 0.0778. The highest BCUT2D eigenvalue weighted by Gasteiger charge is 2.44. The van der Waals surface area contributed by atoms with E-state index in [0.717, 1.165) is 36.2 Å². The van der Waals surface area contributed by atoms with Crippen molar-refractivity contribution in [2.45, 2.75) is 37.2 Å². The molecular formula is C14H19NOS. The van der Waals surface area contributed by atoms with Crippen LogP contribution in [0.25, 0.3) is 0 Å². The molecule has 1 aromatic rings. The Morgan fingerprint density at radius 2 is 2.06 bits per heavy atom. The number of hydrogen-bond acceptors (Lipinski definition) is 2. The molecule has 0 amide bonds. The molecule has 0 heterocycles. The number of thiocarbonyl (C=S) groups is 1. The highest BCUT2D eigenvalue weighted by molar-refractivity contribution is 7.80. The summed E-state index contributed by atoms with van der Waals surface area (Å²) in [5, 5.41) is 13.5. The van der Waals surface area contributed by atoms with Gasteiger partial charge >= 0.3 is 0 Å². The predicted molar refractivity (Wildman–Crippen MR) is 74.3 cm³/mol. The molecule has 2 atom stereocenters. The van der Waals surface area contributed by atoms with Gasteiger partial charge in [-0.25, -0.2) is 0 Å². The minimum Gasteiger partial charge on any atom is -0.392 e. The Morgan fingerprint density at radius 1 is 1.35 bits per heavy atom. The molecular weight excluding hydrogens is 230 g/mol. The van der Waals surface area contributed by atoms with Crippen molar-refractivity contribution >= 4 is 17.2 Å². The summed E-state index contributed by atoms with van der Waals surface area (Å²) in [6.07, 6.45) is 3.59. The SMILES string of the molecule is CNC(=S)[C@@]1(c2ccccc2)CCCC[C@@H]1O. The molecule has 0 spiro atoms. The number of aliphatic hydroxyl groups excluding tert-OH is 1. The summed E-state index contributed by atoms with van der Waals surface area (Å²) in [6, 6.07) is 10.2. The Morgan fingerprint density at radius 3 is 2.65 bits per heavy atom. The van der Waals surface area contributed by atoms with Crippen LogP contribution in [0.15, 0.2) is 30.3 Å². The third-order valence-corrected chi connectivity index (χ3v) is 4.36. The van der Waals surface area contributed by atoms with Crippen molar-refractivity contribution in [1.82, 2.24) is 5.32 Å². The fourth-order valence-electron chi connectivity index (χ4n) is 2.85. The van der Waals surface area contributed by atoms with Crippen molar-refractivity contribution < 1.29 is 5.11 Å². The molecule has 2 nitrogen and oxygen atoms in total. The van der Waals surface area contributed by atoms with E-state index in [4.69, 9.17) is 12.2 Å². The van der Waals surface area contributed by atoms with E-state index >= 15 is 0 Å². The van der Waals surface area contributed by atoms with E-state index in [-0.39, 0.29) is 11.5 Å². The van der Waals surface area contributed by atoms with Crippen LogP contribution in [0.2, 0.25) is 0 Å². The number of nitrogens with one attached hydrogen (secondary N) is 1. The van der Waals surface area contributed by atoms with Gasteiger partial charge in [-0.2, -0.15) is 0 Å².